The predicted octanol–water partition coefficient (Wildman–Crippen LogP) is 2.81. The van der Waals surface area contributed by atoms with E-state index in [1.54, 1.807) is 0 Å². The second-order valence-electron chi connectivity index (χ2n) is 6.80. The Labute approximate surface area is 173 Å². The van der Waals surface area contributed by atoms with Crippen LogP contribution in [0.1, 0.15) is 25.0 Å². The van der Waals surface area contributed by atoms with Crippen molar-refractivity contribution in [3.05, 3.63) is 40.2 Å². The lowest BCUT2D eigenvalue weighted by Gasteiger charge is -2.13. The third-order valence-corrected chi connectivity index (χ3v) is 4.28. The van der Waals surface area contributed by atoms with Crippen molar-refractivity contribution in [2.75, 3.05) is 19.8 Å². The topological polar surface area (TPSA) is 93.8 Å². The van der Waals surface area contributed by atoms with E-state index in [4.69, 9.17) is 30.5 Å². The highest BCUT2D eigenvalue weighted by atomic mass is 35.5. The summed E-state index contributed by atoms with van der Waals surface area (Å²) >= 11 is 6.14. The van der Waals surface area contributed by atoms with Gasteiger partial charge in [0.25, 0.3) is 0 Å². The maximum Gasteiger partial charge on any atom is 0.491 e. The zero-order valence-corrected chi connectivity index (χ0v) is 16.7. The van der Waals surface area contributed by atoms with Gasteiger partial charge in [-0.25, -0.2) is 4.39 Å². The Morgan fingerprint density at radius 2 is 2.14 bits per heavy atom. The molecule has 0 spiro atoms. The van der Waals surface area contributed by atoms with Gasteiger partial charge in [-0.3, -0.25) is 0 Å². The first kappa shape index (κ1) is 21.3. The van der Waals surface area contributed by atoms with Crippen LogP contribution in [-0.4, -0.2) is 36.9 Å². The highest BCUT2D eigenvalue weighted by Gasteiger charge is 2.29. The van der Waals surface area contributed by atoms with E-state index in [1.807, 2.05) is 19.9 Å². The fourth-order valence-electron chi connectivity index (χ4n) is 2.64. The average molecular weight is 421 g/mol. The summed E-state index contributed by atoms with van der Waals surface area (Å²) in [4.78, 5) is 4.12. The van der Waals surface area contributed by atoms with Crippen LogP contribution in [-0.2, 0) is 16.0 Å². The second-order valence-corrected chi connectivity index (χ2v) is 7.21. The molecule has 0 bridgehead atoms. The Kier molecular flexibility index (Phi) is 6.93. The number of halogens is 2. The van der Waals surface area contributed by atoms with E-state index >= 15 is 0 Å². The third kappa shape index (κ3) is 5.16. The molecule has 0 amide bonds. The van der Waals surface area contributed by atoms with Crippen molar-refractivity contribution in [3.63, 3.8) is 0 Å². The number of aromatic nitrogens is 1. The van der Waals surface area contributed by atoms with Gasteiger partial charge in [-0.2, -0.15) is 10.2 Å². The van der Waals surface area contributed by atoms with Crippen molar-refractivity contribution in [2.45, 2.75) is 20.5 Å². The summed E-state index contributed by atoms with van der Waals surface area (Å²) in [5, 5.41) is 19.0. The van der Waals surface area contributed by atoms with Crippen molar-refractivity contribution >= 4 is 24.2 Å². The lowest BCUT2D eigenvalue weighted by molar-refractivity contribution is 0.0804. The summed E-state index contributed by atoms with van der Waals surface area (Å²) < 4.78 is 35.9. The minimum atomic E-state index is -1.16. The first-order valence-corrected chi connectivity index (χ1v) is 9.37. The Morgan fingerprint density at radius 1 is 1.34 bits per heavy atom. The number of pyridine rings is 1. The van der Waals surface area contributed by atoms with Crippen molar-refractivity contribution in [1.82, 2.24) is 4.98 Å². The number of hydrogen-bond acceptors (Lipinski definition) is 7. The van der Waals surface area contributed by atoms with Crippen LogP contribution < -0.4 is 14.9 Å². The van der Waals surface area contributed by atoms with Crippen molar-refractivity contribution in [3.8, 4) is 23.6 Å². The molecule has 29 heavy (non-hydrogen) atoms. The van der Waals surface area contributed by atoms with Gasteiger partial charge in [0.2, 0.25) is 11.8 Å². The Hall–Kier alpha value is -2.38. The van der Waals surface area contributed by atoms with E-state index in [0.29, 0.717) is 30.2 Å². The zero-order chi connectivity index (χ0) is 21.0. The Balaban J connectivity index is 1.77. The van der Waals surface area contributed by atoms with E-state index in [1.165, 1.54) is 12.1 Å². The van der Waals surface area contributed by atoms with Crippen LogP contribution in [0, 0.1) is 23.1 Å². The van der Waals surface area contributed by atoms with Gasteiger partial charge in [0.15, 0.2) is 11.6 Å². The van der Waals surface area contributed by atoms with E-state index in [-0.39, 0.29) is 41.3 Å². The molecule has 1 aromatic heterocycles. The molecule has 2 aromatic rings. The molecule has 0 saturated heterocycles. The van der Waals surface area contributed by atoms with Gasteiger partial charge in [-0.15, -0.1) is 0 Å². The number of hydrogen-bond donors (Lipinski definition) is 1. The minimum Gasteiger partial charge on any atom is -0.474 e. The van der Waals surface area contributed by atoms with Crippen molar-refractivity contribution in [2.24, 2.45) is 5.92 Å². The molecule has 1 aliphatic rings. The lowest BCUT2D eigenvalue weighted by atomic mass is 9.79. The molecule has 10 heteroatoms. The number of ether oxygens (including phenoxy) is 3. The van der Waals surface area contributed by atoms with Gasteiger partial charge in [0, 0.05) is 6.61 Å². The van der Waals surface area contributed by atoms with E-state index in [9.17, 15) is 14.7 Å². The minimum absolute atomic E-state index is 0.0142. The van der Waals surface area contributed by atoms with Gasteiger partial charge < -0.3 is 23.9 Å². The summed E-state index contributed by atoms with van der Waals surface area (Å²) in [5.74, 6) is -0.540. The average Bonchev–Trinajstić information content (AvgIpc) is 3.03. The van der Waals surface area contributed by atoms with Crippen LogP contribution in [0.4, 0.5) is 4.39 Å². The van der Waals surface area contributed by atoms with Gasteiger partial charge in [-0.05, 0) is 35.1 Å². The molecule has 0 aliphatic carbocycles. The smallest absolute Gasteiger partial charge is 0.474 e. The lowest BCUT2D eigenvalue weighted by Crippen LogP contribution is -2.28. The molecule has 3 rings (SSSR count). The molecule has 0 saturated carbocycles. The number of nitriles is 1. The monoisotopic (exact) mass is 420 g/mol. The molecular weight excluding hydrogens is 401 g/mol. The molecule has 1 aromatic carbocycles. The number of fused-ring (bicyclic) bond motifs is 1. The standard InChI is InChI=1S/C19H19BClFN2O5/c1-11(2)9-26-3-4-27-18-12(8-23)5-15(21)19(24-18)29-17-6-13-10-28-20(25)14(13)7-16(17)22/h5-7,11,25H,3-4,9-10H2,1-2H3. The number of benzene rings is 1. The maximum absolute atomic E-state index is 14.4. The van der Waals surface area contributed by atoms with Crippen LogP contribution in [0.25, 0.3) is 0 Å². The molecule has 7 nitrogen and oxygen atoms in total. The van der Waals surface area contributed by atoms with Gasteiger partial charge >= 0.3 is 7.12 Å². The summed E-state index contributed by atoms with van der Waals surface area (Å²) in [6, 6.07) is 5.85. The number of nitrogens with zero attached hydrogens (tertiary/aromatic N) is 2. The first-order chi connectivity index (χ1) is 13.9. The zero-order valence-electron chi connectivity index (χ0n) is 15.9. The largest absolute Gasteiger partial charge is 0.491 e. The van der Waals surface area contributed by atoms with Gasteiger partial charge in [0.05, 0.1) is 13.2 Å². The second kappa shape index (κ2) is 9.42. The molecule has 0 radical (unpaired) electrons. The number of rotatable bonds is 8. The molecule has 2 heterocycles. The molecule has 1 aliphatic heterocycles. The van der Waals surface area contributed by atoms with Crippen molar-refractivity contribution < 1.29 is 28.3 Å². The predicted molar refractivity (Wildman–Crippen MR) is 104 cm³/mol. The van der Waals surface area contributed by atoms with E-state index in [2.05, 4.69) is 4.98 Å². The maximum atomic E-state index is 14.4. The molecule has 0 unspecified atom stereocenters. The first-order valence-electron chi connectivity index (χ1n) is 9.00. The SMILES string of the molecule is CC(C)COCCOc1nc(Oc2cc3c(cc2F)B(O)OC3)c(Cl)cc1C#N. The molecule has 1 N–H and O–H groups in total. The normalized spacial score (nSPS) is 12.8. The van der Waals surface area contributed by atoms with E-state index < -0.39 is 12.9 Å². The van der Waals surface area contributed by atoms with Crippen LogP contribution in [0.2, 0.25) is 5.02 Å². The molecule has 152 valence electrons. The fraction of sp³-hybridized carbons (Fsp3) is 0.368. The Bertz CT molecular complexity index is 938. The summed E-state index contributed by atoms with van der Waals surface area (Å²) in [5.41, 5.74) is 1.06. The Morgan fingerprint density at radius 3 is 2.86 bits per heavy atom. The third-order valence-electron chi connectivity index (χ3n) is 4.01. The van der Waals surface area contributed by atoms with Crippen LogP contribution in [0.5, 0.6) is 17.5 Å². The van der Waals surface area contributed by atoms with Crippen molar-refractivity contribution in [1.29, 1.82) is 5.26 Å². The van der Waals surface area contributed by atoms with E-state index in [0.717, 1.165) is 6.07 Å². The molecule has 0 fully saturated rings. The van der Waals surface area contributed by atoms with Crippen LogP contribution in [0.3, 0.4) is 0 Å². The van der Waals surface area contributed by atoms with Crippen LogP contribution in [0.15, 0.2) is 18.2 Å². The van der Waals surface area contributed by atoms with Crippen LogP contribution >= 0.6 is 11.6 Å². The molecular formula is C19H19BClFN2O5. The highest BCUT2D eigenvalue weighted by molar-refractivity contribution is 6.61. The quantitative estimate of drug-likeness (QED) is 0.518. The summed E-state index contributed by atoms with van der Waals surface area (Å²) in [7, 11) is -1.16. The summed E-state index contributed by atoms with van der Waals surface area (Å²) in [6.07, 6.45) is 0. The molecule has 0 atom stereocenters. The highest BCUT2D eigenvalue weighted by Crippen LogP contribution is 2.33. The summed E-state index contributed by atoms with van der Waals surface area (Å²) in [6.45, 7) is 5.29. The fourth-order valence-corrected chi connectivity index (χ4v) is 2.83. The van der Waals surface area contributed by atoms with Gasteiger partial charge in [0.1, 0.15) is 23.3 Å². The van der Waals surface area contributed by atoms with Gasteiger partial charge in [-0.1, -0.05) is 25.4 Å².